The monoisotopic (exact) mass is 228 g/mol. The molecule has 0 heterocycles. The molecule has 0 aliphatic heterocycles. The van der Waals surface area contributed by atoms with Crippen LogP contribution < -0.4 is 0 Å². The van der Waals surface area contributed by atoms with Gasteiger partial charge in [0.2, 0.25) is 0 Å². The van der Waals surface area contributed by atoms with Crippen molar-refractivity contribution in [3.63, 3.8) is 0 Å². The van der Waals surface area contributed by atoms with Gasteiger partial charge in [-0.05, 0) is 37.0 Å². The minimum Gasteiger partial charge on any atom is -0.247 e. The molecule has 0 bridgehead atoms. The van der Waals surface area contributed by atoms with Crippen LogP contribution in [-0.4, -0.2) is 6.17 Å². The van der Waals surface area contributed by atoms with E-state index in [-0.39, 0.29) is 11.3 Å². The number of hydrogen-bond donors (Lipinski definition) is 0. The first-order valence-corrected chi connectivity index (χ1v) is 6.76. The summed E-state index contributed by atoms with van der Waals surface area (Å²) < 4.78 is 13.8. The van der Waals surface area contributed by atoms with Crippen LogP contribution in [0.25, 0.3) is 0 Å². The molecule has 0 amide bonds. The van der Waals surface area contributed by atoms with Crippen molar-refractivity contribution in [3.8, 4) is 0 Å². The van der Waals surface area contributed by atoms with E-state index in [2.05, 4.69) is 27.4 Å². The zero-order valence-corrected chi connectivity index (χ0v) is 11.6. The smallest absolute Gasteiger partial charge is 0.103 e. The molecule has 0 unspecified atom stereocenters. The molecule has 0 saturated carbocycles. The van der Waals surface area contributed by atoms with Crippen LogP contribution in [0.4, 0.5) is 4.39 Å². The van der Waals surface area contributed by atoms with Crippen molar-refractivity contribution in [1.29, 1.82) is 0 Å². The summed E-state index contributed by atoms with van der Waals surface area (Å²) in [6.45, 7) is 12.2. The Kier molecular flexibility index (Phi) is 7.70. The lowest BCUT2D eigenvalue weighted by Crippen LogP contribution is -2.32. The molecule has 3 atom stereocenters. The summed E-state index contributed by atoms with van der Waals surface area (Å²) in [6.07, 6.45) is 7.53. The lowest BCUT2D eigenvalue weighted by atomic mass is 9.69. The van der Waals surface area contributed by atoms with E-state index in [1.54, 1.807) is 0 Å². The van der Waals surface area contributed by atoms with Crippen LogP contribution >= 0.6 is 0 Å². The fraction of sp³-hybridized carbons (Fsp3) is 0.867. The third kappa shape index (κ3) is 4.67. The Morgan fingerprint density at radius 3 is 2.38 bits per heavy atom. The Morgan fingerprint density at radius 1 is 1.31 bits per heavy atom. The van der Waals surface area contributed by atoms with Gasteiger partial charge < -0.3 is 0 Å². The van der Waals surface area contributed by atoms with Gasteiger partial charge in [-0.2, -0.15) is 0 Å². The highest BCUT2D eigenvalue weighted by Gasteiger charge is 2.34. The first kappa shape index (κ1) is 15.7. The summed E-state index contributed by atoms with van der Waals surface area (Å²) in [4.78, 5) is 0. The van der Waals surface area contributed by atoms with Gasteiger partial charge in [-0.15, -0.1) is 6.58 Å². The fourth-order valence-electron chi connectivity index (χ4n) is 2.38. The average Bonchev–Trinajstić information content (AvgIpc) is 2.31. The van der Waals surface area contributed by atoms with E-state index in [1.165, 1.54) is 12.8 Å². The van der Waals surface area contributed by atoms with Gasteiger partial charge in [-0.1, -0.05) is 46.6 Å². The van der Waals surface area contributed by atoms with E-state index >= 15 is 0 Å². The number of hydrogen-bond acceptors (Lipinski definition) is 0. The van der Waals surface area contributed by atoms with Gasteiger partial charge in [-0.3, -0.25) is 0 Å². The molecule has 1 heteroatoms. The minimum atomic E-state index is -0.660. The van der Waals surface area contributed by atoms with Crippen LogP contribution in [0.3, 0.4) is 0 Å². The van der Waals surface area contributed by atoms with Gasteiger partial charge in [0.05, 0.1) is 0 Å². The Bertz CT molecular complexity index is 188. The second-order valence-electron chi connectivity index (χ2n) is 5.30. The van der Waals surface area contributed by atoms with E-state index in [0.29, 0.717) is 6.42 Å². The van der Waals surface area contributed by atoms with E-state index in [1.807, 2.05) is 13.0 Å². The third-order valence-electron chi connectivity index (χ3n) is 4.05. The second-order valence-corrected chi connectivity index (χ2v) is 5.30. The van der Waals surface area contributed by atoms with E-state index in [9.17, 15) is 4.39 Å². The zero-order chi connectivity index (χ0) is 12.6. The molecule has 0 aromatic carbocycles. The molecular weight excluding hydrogens is 199 g/mol. The maximum atomic E-state index is 13.8. The lowest BCUT2D eigenvalue weighted by molar-refractivity contribution is 0.0785. The molecule has 0 rings (SSSR count). The fourth-order valence-corrected chi connectivity index (χ4v) is 2.38. The molecule has 16 heavy (non-hydrogen) atoms. The molecule has 0 aromatic heterocycles. The van der Waals surface area contributed by atoms with Crippen molar-refractivity contribution in [2.75, 3.05) is 0 Å². The topological polar surface area (TPSA) is 0 Å². The largest absolute Gasteiger partial charge is 0.247 e. The van der Waals surface area contributed by atoms with Crippen molar-refractivity contribution in [2.45, 2.75) is 72.4 Å². The molecule has 0 N–H and O–H groups in total. The summed E-state index contributed by atoms with van der Waals surface area (Å²) in [6, 6.07) is 0. The molecular formula is C15H29F. The minimum absolute atomic E-state index is 0.139. The third-order valence-corrected chi connectivity index (χ3v) is 4.05. The van der Waals surface area contributed by atoms with Gasteiger partial charge in [0, 0.05) is 0 Å². The Morgan fingerprint density at radius 2 is 1.94 bits per heavy atom. The first-order chi connectivity index (χ1) is 7.51. The number of rotatable bonds is 9. The summed E-state index contributed by atoms with van der Waals surface area (Å²) in [5.41, 5.74) is 0.139. The molecule has 0 aromatic rings. The molecule has 0 nitrogen and oxygen atoms in total. The van der Waals surface area contributed by atoms with Gasteiger partial charge in [0.1, 0.15) is 6.17 Å². The summed E-state index contributed by atoms with van der Waals surface area (Å²) in [7, 11) is 0. The maximum absolute atomic E-state index is 13.8. The average molecular weight is 228 g/mol. The maximum Gasteiger partial charge on any atom is 0.103 e. The second kappa shape index (κ2) is 7.86. The first-order valence-electron chi connectivity index (χ1n) is 6.76. The van der Waals surface area contributed by atoms with Crippen molar-refractivity contribution in [2.24, 2.45) is 11.3 Å². The highest BCUT2D eigenvalue weighted by Crippen LogP contribution is 2.41. The van der Waals surface area contributed by atoms with Crippen LogP contribution in [0.1, 0.15) is 66.2 Å². The van der Waals surface area contributed by atoms with Crippen LogP contribution in [0.15, 0.2) is 12.7 Å². The van der Waals surface area contributed by atoms with Crippen molar-refractivity contribution in [3.05, 3.63) is 12.7 Å². The standard InChI is InChI=1S/C15H29F/c1-6-9-11-15(5,12-10-7-2)13(4)14(16)8-3/h6,13-14H,1,7-12H2,2-5H3/t13-,14-,15+/m1/s1. The molecule has 0 radical (unpaired) electrons. The predicted molar refractivity (Wildman–Crippen MR) is 71.4 cm³/mol. The van der Waals surface area contributed by atoms with Crippen LogP contribution in [-0.2, 0) is 0 Å². The predicted octanol–water partition coefficient (Wildman–Crippen LogP) is 5.53. The van der Waals surface area contributed by atoms with E-state index < -0.39 is 6.17 Å². The summed E-state index contributed by atoms with van der Waals surface area (Å²) in [5.74, 6) is 0.156. The highest BCUT2D eigenvalue weighted by molar-refractivity contribution is 4.86. The van der Waals surface area contributed by atoms with Crippen molar-refractivity contribution < 1.29 is 4.39 Å². The summed E-state index contributed by atoms with van der Waals surface area (Å²) >= 11 is 0. The number of unbranched alkanes of at least 4 members (excludes halogenated alkanes) is 1. The molecule has 0 fully saturated rings. The Balaban J connectivity index is 4.54. The van der Waals surface area contributed by atoms with E-state index in [4.69, 9.17) is 0 Å². The van der Waals surface area contributed by atoms with Crippen LogP contribution in [0, 0.1) is 11.3 Å². The zero-order valence-electron chi connectivity index (χ0n) is 11.6. The van der Waals surface area contributed by atoms with E-state index in [0.717, 1.165) is 19.3 Å². The Labute approximate surface area is 101 Å². The molecule has 96 valence electrons. The lowest BCUT2D eigenvalue weighted by Gasteiger charge is -2.37. The normalized spacial score (nSPS) is 18.8. The van der Waals surface area contributed by atoms with Crippen molar-refractivity contribution >= 4 is 0 Å². The van der Waals surface area contributed by atoms with Gasteiger partial charge in [0.25, 0.3) is 0 Å². The number of halogens is 1. The molecule has 0 spiro atoms. The van der Waals surface area contributed by atoms with Crippen LogP contribution in [0.2, 0.25) is 0 Å². The number of alkyl halides is 1. The van der Waals surface area contributed by atoms with Gasteiger partial charge in [-0.25, -0.2) is 4.39 Å². The number of allylic oxidation sites excluding steroid dienone is 1. The molecule has 0 saturated heterocycles. The molecule has 0 aliphatic carbocycles. The quantitative estimate of drug-likeness (QED) is 0.455. The van der Waals surface area contributed by atoms with Gasteiger partial charge in [0.15, 0.2) is 0 Å². The Hall–Kier alpha value is -0.330. The summed E-state index contributed by atoms with van der Waals surface area (Å²) in [5, 5.41) is 0. The van der Waals surface area contributed by atoms with Gasteiger partial charge >= 0.3 is 0 Å². The SMILES string of the molecule is C=CCC[C@@](C)(CCCC)[C@H](C)[C@H](F)CC. The van der Waals surface area contributed by atoms with Crippen LogP contribution in [0.5, 0.6) is 0 Å². The highest BCUT2D eigenvalue weighted by atomic mass is 19.1. The molecule has 0 aliphatic rings. The van der Waals surface area contributed by atoms with Crippen molar-refractivity contribution in [1.82, 2.24) is 0 Å².